The monoisotopic (exact) mass is 353 g/mol. The summed E-state index contributed by atoms with van der Waals surface area (Å²) in [5.41, 5.74) is -0.0765. The molecule has 2 aliphatic rings. The number of nitrogens with zero attached hydrogens (tertiary/aromatic N) is 2. The molecule has 2 aliphatic heterocycles. The minimum absolute atomic E-state index is 0.153. The SMILES string of the molecule is CCCC1(CNC2CCCN(C)C2)CCN(C(=O)OC(C)(C)C)CC1. The summed E-state index contributed by atoms with van der Waals surface area (Å²) in [6, 6.07) is 0.622. The molecule has 0 aromatic heterocycles. The van der Waals surface area contributed by atoms with Crippen molar-refractivity contribution in [3.05, 3.63) is 0 Å². The Hall–Kier alpha value is -0.810. The highest BCUT2D eigenvalue weighted by Crippen LogP contribution is 2.36. The van der Waals surface area contributed by atoms with Crippen LogP contribution in [0.5, 0.6) is 0 Å². The van der Waals surface area contributed by atoms with Gasteiger partial charge in [0.2, 0.25) is 0 Å². The van der Waals surface area contributed by atoms with Crippen LogP contribution in [0.25, 0.3) is 0 Å². The van der Waals surface area contributed by atoms with Crippen molar-refractivity contribution >= 4 is 6.09 Å². The van der Waals surface area contributed by atoms with Crippen LogP contribution in [0, 0.1) is 5.41 Å². The van der Waals surface area contributed by atoms with E-state index in [4.69, 9.17) is 4.74 Å². The number of carbonyl (C=O) groups is 1. The third kappa shape index (κ3) is 6.45. The maximum absolute atomic E-state index is 12.3. The Labute approximate surface area is 154 Å². The van der Waals surface area contributed by atoms with Crippen LogP contribution >= 0.6 is 0 Å². The summed E-state index contributed by atoms with van der Waals surface area (Å²) >= 11 is 0. The van der Waals surface area contributed by atoms with Crippen molar-refractivity contribution in [1.82, 2.24) is 15.1 Å². The summed E-state index contributed by atoms with van der Waals surface area (Å²) in [4.78, 5) is 16.6. The molecule has 25 heavy (non-hydrogen) atoms. The number of hydrogen-bond acceptors (Lipinski definition) is 4. The molecule has 0 radical (unpaired) electrons. The lowest BCUT2D eigenvalue weighted by molar-refractivity contribution is 0.00813. The number of carbonyl (C=O) groups excluding carboxylic acids is 1. The van der Waals surface area contributed by atoms with Gasteiger partial charge < -0.3 is 19.9 Å². The van der Waals surface area contributed by atoms with Crippen molar-refractivity contribution in [2.45, 2.75) is 77.9 Å². The molecule has 5 nitrogen and oxygen atoms in total. The van der Waals surface area contributed by atoms with Gasteiger partial charge in [0.1, 0.15) is 5.60 Å². The van der Waals surface area contributed by atoms with Crippen LogP contribution in [0.3, 0.4) is 0 Å². The van der Waals surface area contributed by atoms with Gasteiger partial charge in [-0.3, -0.25) is 0 Å². The summed E-state index contributed by atoms with van der Waals surface area (Å²) in [5, 5.41) is 3.85. The lowest BCUT2D eigenvalue weighted by atomic mass is 9.74. The van der Waals surface area contributed by atoms with Crippen LogP contribution in [0.4, 0.5) is 4.79 Å². The molecule has 146 valence electrons. The van der Waals surface area contributed by atoms with E-state index in [1.165, 1.54) is 32.2 Å². The van der Waals surface area contributed by atoms with Crippen molar-refractivity contribution in [2.24, 2.45) is 5.41 Å². The fourth-order valence-corrected chi connectivity index (χ4v) is 4.23. The molecule has 0 aromatic carbocycles. The largest absolute Gasteiger partial charge is 0.444 e. The summed E-state index contributed by atoms with van der Waals surface area (Å²) < 4.78 is 5.54. The van der Waals surface area contributed by atoms with Crippen molar-refractivity contribution in [3.8, 4) is 0 Å². The standard InChI is InChI=1S/C20H39N3O2/c1-6-9-20(16-21-17-8-7-12-22(5)15-17)10-13-23(14-11-20)18(24)25-19(2,3)4/h17,21H,6-16H2,1-5H3. The van der Waals surface area contributed by atoms with E-state index < -0.39 is 5.60 Å². The number of ether oxygens (including phenoxy) is 1. The van der Waals surface area contributed by atoms with Gasteiger partial charge >= 0.3 is 6.09 Å². The van der Waals surface area contributed by atoms with Gasteiger partial charge in [-0.15, -0.1) is 0 Å². The van der Waals surface area contributed by atoms with E-state index in [1.54, 1.807) is 0 Å². The molecule has 1 N–H and O–H groups in total. The summed E-state index contributed by atoms with van der Waals surface area (Å²) in [6.45, 7) is 13.2. The number of amides is 1. The minimum Gasteiger partial charge on any atom is -0.444 e. The minimum atomic E-state index is -0.413. The normalized spacial score (nSPS) is 25.0. The van der Waals surface area contributed by atoms with Crippen LogP contribution in [-0.2, 0) is 4.74 Å². The van der Waals surface area contributed by atoms with Crippen LogP contribution in [0.15, 0.2) is 0 Å². The zero-order valence-corrected chi connectivity index (χ0v) is 17.1. The van der Waals surface area contributed by atoms with E-state index in [9.17, 15) is 4.79 Å². The first-order valence-corrected chi connectivity index (χ1v) is 10.1. The maximum Gasteiger partial charge on any atom is 0.410 e. The van der Waals surface area contributed by atoms with Gasteiger partial charge in [0.25, 0.3) is 0 Å². The average molecular weight is 354 g/mol. The Balaban J connectivity index is 1.85. The molecule has 2 rings (SSSR count). The maximum atomic E-state index is 12.3. The zero-order valence-electron chi connectivity index (χ0n) is 17.1. The van der Waals surface area contributed by atoms with Gasteiger partial charge in [0.15, 0.2) is 0 Å². The second-order valence-corrected chi connectivity index (χ2v) is 9.20. The molecule has 0 spiro atoms. The van der Waals surface area contributed by atoms with E-state index in [2.05, 4.69) is 24.2 Å². The highest BCUT2D eigenvalue weighted by Gasteiger charge is 2.36. The van der Waals surface area contributed by atoms with Gasteiger partial charge in [0, 0.05) is 32.2 Å². The Bertz CT molecular complexity index is 425. The lowest BCUT2D eigenvalue weighted by Gasteiger charge is -2.43. The van der Waals surface area contributed by atoms with E-state index in [1.807, 2.05) is 25.7 Å². The first-order valence-electron chi connectivity index (χ1n) is 10.1. The van der Waals surface area contributed by atoms with Gasteiger partial charge in [-0.1, -0.05) is 13.3 Å². The first-order chi connectivity index (χ1) is 11.7. The predicted molar refractivity (Wildman–Crippen MR) is 103 cm³/mol. The van der Waals surface area contributed by atoms with Crippen LogP contribution in [-0.4, -0.2) is 67.3 Å². The van der Waals surface area contributed by atoms with Gasteiger partial charge in [-0.25, -0.2) is 4.79 Å². The van der Waals surface area contributed by atoms with Crippen molar-refractivity contribution in [3.63, 3.8) is 0 Å². The number of likely N-dealkylation sites (tertiary alicyclic amines) is 2. The second kappa shape index (κ2) is 8.72. The molecule has 2 fully saturated rings. The third-order valence-corrected chi connectivity index (χ3v) is 5.65. The lowest BCUT2D eigenvalue weighted by Crippen LogP contribution is -2.51. The molecular weight excluding hydrogens is 314 g/mol. The molecule has 0 saturated carbocycles. The molecule has 0 bridgehead atoms. The average Bonchev–Trinajstić information content (AvgIpc) is 2.52. The zero-order chi connectivity index (χ0) is 18.5. The van der Waals surface area contributed by atoms with Gasteiger partial charge in [0.05, 0.1) is 0 Å². The predicted octanol–water partition coefficient (Wildman–Crippen LogP) is 3.49. The Morgan fingerprint density at radius 1 is 1.24 bits per heavy atom. The van der Waals surface area contributed by atoms with E-state index in [-0.39, 0.29) is 6.09 Å². The molecular formula is C20H39N3O2. The quantitative estimate of drug-likeness (QED) is 0.822. The number of rotatable bonds is 5. The molecule has 5 heteroatoms. The molecule has 0 aromatic rings. The van der Waals surface area contributed by atoms with Crippen molar-refractivity contribution < 1.29 is 9.53 Å². The number of likely N-dealkylation sites (N-methyl/N-ethyl adjacent to an activating group) is 1. The number of nitrogens with one attached hydrogen (secondary N) is 1. The summed E-state index contributed by atoms with van der Waals surface area (Å²) in [7, 11) is 2.22. The van der Waals surface area contributed by atoms with E-state index >= 15 is 0 Å². The second-order valence-electron chi connectivity index (χ2n) is 9.20. The van der Waals surface area contributed by atoms with Gasteiger partial charge in [-0.05, 0) is 71.9 Å². The Kier molecular flexibility index (Phi) is 7.15. The molecule has 2 heterocycles. The molecule has 1 unspecified atom stereocenters. The molecule has 1 atom stereocenters. The van der Waals surface area contributed by atoms with E-state index in [0.29, 0.717) is 11.5 Å². The van der Waals surface area contributed by atoms with Crippen LogP contribution in [0.1, 0.15) is 66.2 Å². The number of piperidine rings is 2. The molecule has 1 amide bonds. The first kappa shape index (κ1) is 20.5. The van der Waals surface area contributed by atoms with Crippen molar-refractivity contribution in [2.75, 3.05) is 39.8 Å². The number of hydrogen-bond donors (Lipinski definition) is 1. The topological polar surface area (TPSA) is 44.8 Å². The smallest absolute Gasteiger partial charge is 0.410 e. The van der Waals surface area contributed by atoms with E-state index in [0.717, 1.165) is 39.0 Å². The Morgan fingerprint density at radius 2 is 1.92 bits per heavy atom. The fraction of sp³-hybridized carbons (Fsp3) is 0.950. The Morgan fingerprint density at radius 3 is 2.48 bits per heavy atom. The highest BCUT2D eigenvalue weighted by molar-refractivity contribution is 5.68. The van der Waals surface area contributed by atoms with Gasteiger partial charge in [-0.2, -0.15) is 0 Å². The van der Waals surface area contributed by atoms with Crippen LogP contribution < -0.4 is 5.32 Å². The summed E-state index contributed by atoms with van der Waals surface area (Å²) in [6.07, 6.45) is 7.03. The summed E-state index contributed by atoms with van der Waals surface area (Å²) in [5.74, 6) is 0. The molecule has 0 aliphatic carbocycles. The van der Waals surface area contributed by atoms with Crippen molar-refractivity contribution in [1.29, 1.82) is 0 Å². The fourth-order valence-electron chi connectivity index (χ4n) is 4.23. The third-order valence-electron chi connectivity index (χ3n) is 5.65. The molecule has 2 saturated heterocycles. The van der Waals surface area contributed by atoms with Crippen LogP contribution in [0.2, 0.25) is 0 Å². The highest BCUT2D eigenvalue weighted by atomic mass is 16.6.